The Morgan fingerprint density at radius 2 is 2.14 bits per heavy atom. The van der Waals surface area contributed by atoms with Crippen LogP contribution in [0.2, 0.25) is 0 Å². The summed E-state index contributed by atoms with van der Waals surface area (Å²) in [5.74, 6) is 0.837. The standard InChI is InChI=1S/C16H17F3N2O/c17-16(18,19)13-5-1-3-11(7-13)8-15-20-9-14-12(10-22)4-2-6-21(14)15/h1,3,5,7,9,12,22H,2,4,6,8,10H2. The molecule has 118 valence electrons. The van der Waals surface area contributed by atoms with Crippen molar-refractivity contribution in [2.75, 3.05) is 6.61 Å². The fourth-order valence-electron chi connectivity index (χ4n) is 3.02. The normalized spacial score (nSPS) is 18.3. The monoisotopic (exact) mass is 310 g/mol. The summed E-state index contributed by atoms with van der Waals surface area (Å²) in [5.41, 5.74) is 0.939. The van der Waals surface area contributed by atoms with Crippen LogP contribution >= 0.6 is 0 Å². The number of nitrogens with zero attached hydrogens (tertiary/aromatic N) is 2. The first-order chi connectivity index (χ1) is 10.5. The minimum Gasteiger partial charge on any atom is -0.396 e. The second-order valence-electron chi connectivity index (χ2n) is 5.65. The third-order valence-corrected chi connectivity index (χ3v) is 4.16. The van der Waals surface area contributed by atoms with Crippen LogP contribution in [-0.2, 0) is 19.1 Å². The zero-order chi connectivity index (χ0) is 15.7. The van der Waals surface area contributed by atoms with Crippen LogP contribution in [0.4, 0.5) is 13.2 Å². The molecule has 0 amide bonds. The van der Waals surface area contributed by atoms with Gasteiger partial charge in [-0.15, -0.1) is 0 Å². The number of aliphatic hydroxyl groups is 1. The van der Waals surface area contributed by atoms with Crippen LogP contribution in [0.1, 0.15) is 41.4 Å². The number of alkyl halides is 3. The number of rotatable bonds is 3. The van der Waals surface area contributed by atoms with Crippen molar-refractivity contribution in [3.8, 4) is 0 Å². The van der Waals surface area contributed by atoms with Crippen molar-refractivity contribution in [3.63, 3.8) is 0 Å². The first-order valence-corrected chi connectivity index (χ1v) is 7.30. The lowest BCUT2D eigenvalue weighted by Crippen LogP contribution is -2.19. The first-order valence-electron chi connectivity index (χ1n) is 7.30. The predicted molar refractivity (Wildman–Crippen MR) is 75.5 cm³/mol. The van der Waals surface area contributed by atoms with Crippen molar-refractivity contribution in [3.05, 3.63) is 53.1 Å². The Balaban J connectivity index is 1.87. The smallest absolute Gasteiger partial charge is 0.396 e. The highest BCUT2D eigenvalue weighted by Crippen LogP contribution is 2.31. The lowest BCUT2D eigenvalue weighted by atomic mass is 9.97. The largest absolute Gasteiger partial charge is 0.416 e. The molecular weight excluding hydrogens is 293 g/mol. The molecule has 0 radical (unpaired) electrons. The molecule has 3 rings (SSSR count). The molecule has 6 heteroatoms. The number of hydrogen-bond acceptors (Lipinski definition) is 2. The molecule has 2 aromatic rings. The highest BCUT2D eigenvalue weighted by atomic mass is 19.4. The third-order valence-electron chi connectivity index (χ3n) is 4.16. The number of benzene rings is 1. The summed E-state index contributed by atoms with van der Waals surface area (Å²) < 4.78 is 40.3. The van der Waals surface area contributed by atoms with Gasteiger partial charge in [0.2, 0.25) is 0 Å². The molecule has 1 aromatic heterocycles. The molecule has 0 bridgehead atoms. The minimum atomic E-state index is -4.33. The van der Waals surface area contributed by atoms with Crippen molar-refractivity contribution in [1.29, 1.82) is 0 Å². The van der Waals surface area contributed by atoms with Gasteiger partial charge in [0.1, 0.15) is 5.82 Å². The third kappa shape index (κ3) is 2.88. The summed E-state index contributed by atoms with van der Waals surface area (Å²) in [7, 11) is 0. The molecule has 0 saturated heterocycles. The number of imidazole rings is 1. The van der Waals surface area contributed by atoms with E-state index in [1.54, 1.807) is 12.3 Å². The van der Waals surface area contributed by atoms with Gasteiger partial charge in [-0.2, -0.15) is 13.2 Å². The van der Waals surface area contributed by atoms with Gasteiger partial charge in [0.15, 0.2) is 0 Å². The van der Waals surface area contributed by atoms with E-state index in [-0.39, 0.29) is 12.5 Å². The minimum absolute atomic E-state index is 0.0781. The maximum Gasteiger partial charge on any atom is 0.416 e. The second kappa shape index (κ2) is 5.76. The van der Waals surface area contributed by atoms with Crippen LogP contribution in [0.5, 0.6) is 0 Å². The lowest BCUT2D eigenvalue weighted by molar-refractivity contribution is -0.137. The predicted octanol–water partition coefficient (Wildman–Crippen LogP) is 3.36. The SMILES string of the molecule is OCC1CCCn2c1cnc2Cc1cccc(C(F)(F)F)c1. The van der Waals surface area contributed by atoms with Crippen LogP contribution < -0.4 is 0 Å². The fraction of sp³-hybridized carbons (Fsp3) is 0.438. The van der Waals surface area contributed by atoms with E-state index in [4.69, 9.17) is 0 Å². The molecule has 0 aliphatic carbocycles. The first kappa shape index (κ1) is 15.1. The van der Waals surface area contributed by atoms with E-state index in [2.05, 4.69) is 4.98 Å². The van der Waals surface area contributed by atoms with Crippen LogP contribution in [0.3, 0.4) is 0 Å². The molecular formula is C16H17F3N2O. The molecule has 1 aromatic carbocycles. The molecule has 1 aliphatic heterocycles. The maximum absolute atomic E-state index is 12.8. The average Bonchev–Trinajstić information content (AvgIpc) is 2.90. The van der Waals surface area contributed by atoms with Gasteiger partial charge in [0.05, 0.1) is 12.2 Å². The van der Waals surface area contributed by atoms with Gasteiger partial charge in [-0.05, 0) is 24.5 Å². The Labute approximate surface area is 126 Å². The molecule has 22 heavy (non-hydrogen) atoms. The van der Waals surface area contributed by atoms with E-state index in [0.29, 0.717) is 12.0 Å². The van der Waals surface area contributed by atoms with E-state index in [9.17, 15) is 18.3 Å². The lowest BCUT2D eigenvalue weighted by Gasteiger charge is -2.23. The molecule has 1 N–H and O–H groups in total. The van der Waals surface area contributed by atoms with Crippen LogP contribution in [-0.4, -0.2) is 21.3 Å². The molecule has 0 spiro atoms. The van der Waals surface area contributed by atoms with Gasteiger partial charge in [-0.3, -0.25) is 0 Å². The van der Waals surface area contributed by atoms with Gasteiger partial charge < -0.3 is 9.67 Å². The number of aromatic nitrogens is 2. The Kier molecular flexibility index (Phi) is 3.95. The van der Waals surface area contributed by atoms with E-state index < -0.39 is 11.7 Å². The summed E-state index contributed by atoms with van der Waals surface area (Å²) >= 11 is 0. The molecule has 1 atom stereocenters. The summed E-state index contributed by atoms with van der Waals surface area (Å²) in [5, 5.41) is 9.40. The second-order valence-corrected chi connectivity index (χ2v) is 5.65. The van der Waals surface area contributed by atoms with Crippen LogP contribution in [0.15, 0.2) is 30.5 Å². The van der Waals surface area contributed by atoms with Gasteiger partial charge in [0.25, 0.3) is 0 Å². The van der Waals surface area contributed by atoms with E-state index in [1.807, 2.05) is 4.57 Å². The fourth-order valence-corrected chi connectivity index (χ4v) is 3.02. The molecule has 1 unspecified atom stereocenters. The number of aliphatic hydroxyl groups excluding tert-OH is 1. The molecule has 0 saturated carbocycles. The van der Waals surface area contributed by atoms with Gasteiger partial charge in [0, 0.05) is 30.8 Å². The highest BCUT2D eigenvalue weighted by Gasteiger charge is 2.30. The molecule has 0 fully saturated rings. The van der Waals surface area contributed by atoms with E-state index in [0.717, 1.165) is 37.0 Å². The Morgan fingerprint density at radius 1 is 1.32 bits per heavy atom. The highest BCUT2D eigenvalue weighted by molar-refractivity contribution is 5.28. The van der Waals surface area contributed by atoms with Crippen molar-refractivity contribution in [2.45, 2.75) is 37.9 Å². The van der Waals surface area contributed by atoms with E-state index >= 15 is 0 Å². The summed E-state index contributed by atoms with van der Waals surface area (Å²) in [4.78, 5) is 4.35. The number of halogens is 3. The zero-order valence-electron chi connectivity index (χ0n) is 12.0. The van der Waals surface area contributed by atoms with Crippen molar-refractivity contribution >= 4 is 0 Å². The summed E-state index contributed by atoms with van der Waals surface area (Å²) in [6.45, 7) is 0.884. The van der Waals surface area contributed by atoms with Crippen molar-refractivity contribution in [1.82, 2.24) is 9.55 Å². The maximum atomic E-state index is 12.8. The molecule has 2 heterocycles. The van der Waals surface area contributed by atoms with Crippen LogP contribution in [0.25, 0.3) is 0 Å². The Morgan fingerprint density at radius 3 is 2.86 bits per heavy atom. The molecule has 3 nitrogen and oxygen atoms in total. The van der Waals surface area contributed by atoms with Crippen molar-refractivity contribution in [2.24, 2.45) is 0 Å². The summed E-state index contributed by atoms with van der Waals surface area (Å²) in [6.07, 6.45) is -0.357. The Bertz CT molecular complexity index is 664. The van der Waals surface area contributed by atoms with Gasteiger partial charge in [-0.1, -0.05) is 18.2 Å². The van der Waals surface area contributed by atoms with E-state index in [1.165, 1.54) is 12.1 Å². The van der Waals surface area contributed by atoms with Gasteiger partial charge in [-0.25, -0.2) is 4.98 Å². The Hall–Kier alpha value is -1.82. The number of fused-ring (bicyclic) bond motifs is 1. The zero-order valence-corrected chi connectivity index (χ0v) is 12.0. The summed E-state index contributed by atoms with van der Waals surface area (Å²) in [6, 6.07) is 5.36. The average molecular weight is 310 g/mol. The van der Waals surface area contributed by atoms with Crippen molar-refractivity contribution < 1.29 is 18.3 Å². The molecule has 1 aliphatic rings. The van der Waals surface area contributed by atoms with Crippen LogP contribution in [0, 0.1) is 0 Å². The quantitative estimate of drug-likeness (QED) is 0.944. The topological polar surface area (TPSA) is 38.0 Å². The number of hydrogen-bond donors (Lipinski definition) is 1. The van der Waals surface area contributed by atoms with Gasteiger partial charge >= 0.3 is 6.18 Å².